The maximum absolute atomic E-state index is 4.37. The lowest BCUT2D eigenvalue weighted by molar-refractivity contribution is 0.173. The second-order valence-electron chi connectivity index (χ2n) is 8.93. The predicted octanol–water partition coefficient (Wildman–Crippen LogP) is 5.59. The van der Waals surface area contributed by atoms with E-state index in [0.29, 0.717) is 11.8 Å². The fraction of sp³-hybridized carbons (Fsp3) is 0.345. The van der Waals surface area contributed by atoms with Crippen molar-refractivity contribution in [3.63, 3.8) is 0 Å². The molecular weight excluding hydrogens is 404 g/mol. The second kappa shape index (κ2) is 12.2. The number of benzene rings is 3. The Kier molecular flexibility index (Phi) is 8.54. The molecule has 0 amide bonds. The number of hydrogen-bond acceptors (Lipinski definition) is 3. The average Bonchev–Trinajstić information content (AvgIpc) is 2.89. The lowest BCUT2D eigenvalue weighted by Gasteiger charge is -2.36. The molecule has 4 nitrogen and oxygen atoms in total. The quantitative estimate of drug-likeness (QED) is 0.193. The number of piperidine rings is 1. The van der Waals surface area contributed by atoms with E-state index in [-0.39, 0.29) is 0 Å². The molecule has 3 aromatic rings. The maximum atomic E-state index is 4.37. The van der Waals surface area contributed by atoms with E-state index in [4.69, 9.17) is 0 Å². The second-order valence-corrected chi connectivity index (χ2v) is 8.93. The van der Waals surface area contributed by atoms with E-state index in [0.717, 1.165) is 25.2 Å². The number of anilines is 1. The number of rotatable bonds is 10. The van der Waals surface area contributed by atoms with Gasteiger partial charge in [0.05, 0.1) is 0 Å². The number of likely N-dealkylation sites (tertiary alicyclic amines) is 1. The molecule has 1 aliphatic rings. The smallest absolute Gasteiger partial charge is 0.115 e. The Bertz CT molecular complexity index is 911. The average molecular weight is 441 g/mol. The third-order valence-electron chi connectivity index (χ3n) is 6.67. The van der Waals surface area contributed by atoms with Crippen LogP contribution in [0.3, 0.4) is 0 Å². The van der Waals surface area contributed by atoms with Crippen LogP contribution in [0.2, 0.25) is 0 Å². The Morgan fingerprint density at radius 1 is 0.879 bits per heavy atom. The molecule has 0 aromatic heterocycles. The number of nitrogens with zero attached hydrogens (tertiary/aromatic N) is 3. The van der Waals surface area contributed by atoms with Gasteiger partial charge in [-0.1, -0.05) is 78.9 Å². The highest BCUT2D eigenvalue weighted by Crippen LogP contribution is 2.37. The van der Waals surface area contributed by atoms with Crippen molar-refractivity contribution in [2.45, 2.75) is 25.2 Å². The van der Waals surface area contributed by atoms with Gasteiger partial charge in [0.15, 0.2) is 0 Å². The van der Waals surface area contributed by atoms with E-state index in [2.05, 4.69) is 88.2 Å². The van der Waals surface area contributed by atoms with Crippen LogP contribution < -0.4 is 10.3 Å². The summed E-state index contributed by atoms with van der Waals surface area (Å²) >= 11 is 0. The highest BCUT2D eigenvalue weighted by atomic mass is 15.3. The van der Waals surface area contributed by atoms with Gasteiger partial charge in [0, 0.05) is 25.2 Å². The Balaban J connectivity index is 1.21. The summed E-state index contributed by atoms with van der Waals surface area (Å²) in [6.45, 7) is 4.39. The van der Waals surface area contributed by atoms with Gasteiger partial charge in [-0.2, -0.15) is 5.10 Å². The van der Waals surface area contributed by atoms with Crippen molar-refractivity contribution in [1.82, 2.24) is 10.3 Å². The summed E-state index contributed by atoms with van der Waals surface area (Å²) in [6.07, 6.45) is 5.45. The van der Waals surface area contributed by atoms with Crippen molar-refractivity contribution < 1.29 is 0 Å². The molecule has 1 fully saturated rings. The van der Waals surface area contributed by atoms with Gasteiger partial charge in [-0.25, -0.2) is 0 Å². The maximum Gasteiger partial charge on any atom is 0.115 e. The summed E-state index contributed by atoms with van der Waals surface area (Å²) in [4.78, 5) is 4.64. The minimum atomic E-state index is 0.493. The number of hydrazone groups is 1. The lowest BCUT2D eigenvalue weighted by Crippen LogP contribution is -2.37. The number of para-hydroxylation sites is 1. The van der Waals surface area contributed by atoms with E-state index in [1.807, 2.05) is 36.5 Å². The van der Waals surface area contributed by atoms with Crippen LogP contribution >= 0.6 is 0 Å². The molecule has 33 heavy (non-hydrogen) atoms. The molecule has 3 aromatic carbocycles. The molecule has 0 radical (unpaired) electrons. The van der Waals surface area contributed by atoms with Gasteiger partial charge < -0.3 is 15.2 Å². The van der Waals surface area contributed by atoms with Crippen molar-refractivity contribution >= 4 is 12.0 Å². The standard InChI is InChI=1S/C29H36N4/c1-32(28-16-9-4-10-17-28)24-31-30-20-11-21-33-22-18-27(19-23-33)29(25-12-5-2-6-13-25)26-14-7-3-8-15-26/h2-10,12-17,24,27,29-30H,11,18-23H2,1H3. The number of hydrogen-bond donors (Lipinski definition) is 1. The summed E-state index contributed by atoms with van der Waals surface area (Å²) < 4.78 is 0. The molecule has 0 saturated carbocycles. The van der Waals surface area contributed by atoms with Crippen LogP contribution in [-0.2, 0) is 0 Å². The first-order chi connectivity index (χ1) is 16.3. The Morgan fingerprint density at radius 3 is 2.00 bits per heavy atom. The molecule has 1 N–H and O–H groups in total. The summed E-state index contributed by atoms with van der Waals surface area (Å²) in [5, 5.41) is 4.37. The first-order valence-corrected chi connectivity index (χ1v) is 12.2. The largest absolute Gasteiger partial charge is 0.334 e. The zero-order valence-electron chi connectivity index (χ0n) is 19.7. The monoisotopic (exact) mass is 440 g/mol. The van der Waals surface area contributed by atoms with Crippen molar-refractivity contribution in [1.29, 1.82) is 0 Å². The van der Waals surface area contributed by atoms with Gasteiger partial charge in [-0.15, -0.1) is 0 Å². The fourth-order valence-corrected chi connectivity index (χ4v) is 4.87. The summed E-state index contributed by atoms with van der Waals surface area (Å²) in [5.41, 5.74) is 7.23. The molecule has 0 atom stereocenters. The van der Waals surface area contributed by atoms with E-state index in [1.54, 1.807) is 0 Å². The Morgan fingerprint density at radius 2 is 1.42 bits per heavy atom. The minimum Gasteiger partial charge on any atom is -0.334 e. The topological polar surface area (TPSA) is 30.9 Å². The highest BCUT2D eigenvalue weighted by molar-refractivity contribution is 5.77. The fourth-order valence-electron chi connectivity index (χ4n) is 4.87. The van der Waals surface area contributed by atoms with Crippen LogP contribution in [0.5, 0.6) is 0 Å². The van der Waals surface area contributed by atoms with E-state index in [1.165, 1.54) is 37.1 Å². The zero-order chi connectivity index (χ0) is 22.7. The predicted molar refractivity (Wildman–Crippen MR) is 140 cm³/mol. The van der Waals surface area contributed by atoms with Crippen LogP contribution in [-0.4, -0.2) is 44.5 Å². The summed E-state index contributed by atoms with van der Waals surface area (Å²) in [5.74, 6) is 1.19. The minimum absolute atomic E-state index is 0.493. The van der Waals surface area contributed by atoms with E-state index < -0.39 is 0 Å². The molecule has 4 heteroatoms. The van der Waals surface area contributed by atoms with Crippen LogP contribution in [0.4, 0.5) is 5.69 Å². The van der Waals surface area contributed by atoms with Gasteiger partial charge in [-0.3, -0.25) is 0 Å². The normalized spacial score (nSPS) is 15.2. The van der Waals surface area contributed by atoms with Crippen molar-refractivity contribution in [3.8, 4) is 0 Å². The van der Waals surface area contributed by atoms with Crippen LogP contribution in [0.1, 0.15) is 36.3 Å². The molecule has 0 spiro atoms. The molecule has 0 aliphatic carbocycles. The van der Waals surface area contributed by atoms with Gasteiger partial charge in [-0.05, 0) is 68.1 Å². The van der Waals surface area contributed by atoms with Crippen molar-refractivity contribution in [2.24, 2.45) is 11.0 Å². The summed E-state index contributed by atoms with van der Waals surface area (Å²) in [6, 6.07) is 32.4. The summed E-state index contributed by atoms with van der Waals surface area (Å²) in [7, 11) is 2.02. The van der Waals surface area contributed by atoms with E-state index in [9.17, 15) is 0 Å². The number of nitrogens with one attached hydrogen (secondary N) is 1. The Labute approximate surface area is 198 Å². The third-order valence-corrected chi connectivity index (χ3v) is 6.67. The van der Waals surface area contributed by atoms with Crippen molar-refractivity contribution in [2.75, 3.05) is 38.1 Å². The molecule has 172 valence electrons. The lowest BCUT2D eigenvalue weighted by atomic mass is 9.76. The molecule has 0 unspecified atom stereocenters. The first kappa shape index (κ1) is 23.1. The molecule has 1 aliphatic heterocycles. The first-order valence-electron chi connectivity index (χ1n) is 12.2. The highest BCUT2D eigenvalue weighted by Gasteiger charge is 2.28. The molecular formula is C29H36N4. The Hall–Kier alpha value is -3.11. The van der Waals surface area contributed by atoms with Gasteiger partial charge in [0.2, 0.25) is 0 Å². The van der Waals surface area contributed by atoms with Crippen LogP contribution in [0, 0.1) is 5.92 Å². The van der Waals surface area contributed by atoms with Crippen LogP contribution in [0.25, 0.3) is 0 Å². The SMILES string of the molecule is CN(C=NNCCCN1CCC(C(c2ccccc2)c2ccccc2)CC1)c1ccccc1. The van der Waals surface area contributed by atoms with E-state index >= 15 is 0 Å². The molecule has 4 rings (SSSR count). The van der Waals surface area contributed by atoms with Gasteiger partial charge in [0.25, 0.3) is 0 Å². The third kappa shape index (κ3) is 6.69. The molecule has 0 bridgehead atoms. The van der Waals surface area contributed by atoms with Crippen LogP contribution in [0.15, 0.2) is 96.1 Å². The van der Waals surface area contributed by atoms with Gasteiger partial charge in [0.1, 0.15) is 6.34 Å². The molecule has 1 heterocycles. The van der Waals surface area contributed by atoms with Crippen molar-refractivity contribution in [3.05, 3.63) is 102 Å². The van der Waals surface area contributed by atoms with Gasteiger partial charge >= 0.3 is 0 Å². The zero-order valence-corrected chi connectivity index (χ0v) is 19.7. The molecule has 1 saturated heterocycles.